The number of thioether (sulfide) groups is 2. The van der Waals surface area contributed by atoms with Crippen molar-refractivity contribution < 1.29 is 9.59 Å². The summed E-state index contributed by atoms with van der Waals surface area (Å²) in [6.07, 6.45) is 0.911. The molecule has 0 saturated carbocycles. The molecule has 0 unspecified atom stereocenters. The van der Waals surface area contributed by atoms with Gasteiger partial charge in [-0.15, -0.1) is 10.2 Å². The first kappa shape index (κ1) is 20.0. The number of aromatic nitrogens is 2. The van der Waals surface area contributed by atoms with Gasteiger partial charge in [0.2, 0.25) is 11.8 Å². The molecule has 10 heteroatoms. The topological polar surface area (TPSA) is 84.0 Å². The zero-order chi connectivity index (χ0) is 18.1. The normalized spacial score (nSPS) is 10.5. The number of anilines is 1. The van der Waals surface area contributed by atoms with Crippen LogP contribution >= 0.6 is 46.5 Å². The van der Waals surface area contributed by atoms with Gasteiger partial charge in [0.05, 0.1) is 11.5 Å². The number of benzene rings is 1. The first-order valence-corrected chi connectivity index (χ1v) is 10.6. The summed E-state index contributed by atoms with van der Waals surface area (Å²) in [7, 11) is 0. The van der Waals surface area contributed by atoms with Crippen molar-refractivity contribution in [2.75, 3.05) is 23.4 Å². The minimum absolute atomic E-state index is 0.0152. The molecule has 0 bridgehead atoms. The Morgan fingerprint density at radius 3 is 2.28 bits per heavy atom. The molecule has 2 N–H and O–H groups in total. The highest BCUT2D eigenvalue weighted by atomic mass is 35.5. The monoisotopic (exact) mass is 416 g/mol. The Balaban J connectivity index is 1.72. The van der Waals surface area contributed by atoms with E-state index in [4.69, 9.17) is 11.6 Å². The van der Waals surface area contributed by atoms with Gasteiger partial charge in [-0.1, -0.05) is 53.4 Å². The van der Waals surface area contributed by atoms with E-state index in [1.54, 1.807) is 24.3 Å². The average Bonchev–Trinajstić information content (AvgIpc) is 3.06. The van der Waals surface area contributed by atoms with E-state index in [9.17, 15) is 9.59 Å². The van der Waals surface area contributed by atoms with Gasteiger partial charge in [-0.25, -0.2) is 0 Å². The van der Waals surface area contributed by atoms with E-state index in [-0.39, 0.29) is 17.6 Å². The summed E-state index contributed by atoms with van der Waals surface area (Å²) in [5.74, 6) is 0.407. The Hall–Kier alpha value is -1.29. The van der Waals surface area contributed by atoms with Crippen molar-refractivity contribution in [1.29, 1.82) is 0 Å². The van der Waals surface area contributed by atoms with Gasteiger partial charge in [0.25, 0.3) is 0 Å². The molecule has 0 spiro atoms. The third kappa shape index (κ3) is 7.64. The van der Waals surface area contributed by atoms with Gasteiger partial charge in [-0.3, -0.25) is 9.59 Å². The number of halogens is 1. The third-order valence-electron chi connectivity index (χ3n) is 2.74. The van der Waals surface area contributed by atoms with Crippen molar-refractivity contribution in [1.82, 2.24) is 15.5 Å². The lowest BCUT2D eigenvalue weighted by Gasteiger charge is -2.03. The van der Waals surface area contributed by atoms with Crippen LogP contribution in [0.25, 0.3) is 0 Å². The molecule has 1 heterocycles. The summed E-state index contributed by atoms with van der Waals surface area (Å²) >= 11 is 9.84. The van der Waals surface area contributed by atoms with Gasteiger partial charge >= 0.3 is 0 Å². The Morgan fingerprint density at radius 1 is 1.08 bits per heavy atom. The van der Waals surface area contributed by atoms with E-state index in [2.05, 4.69) is 20.8 Å². The number of carbonyl (C=O) groups excluding carboxylic acids is 2. The molecule has 2 aromatic rings. The van der Waals surface area contributed by atoms with E-state index in [1.807, 2.05) is 6.92 Å². The van der Waals surface area contributed by atoms with Crippen LogP contribution in [0.1, 0.15) is 13.3 Å². The summed E-state index contributed by atoms with van der Waals surface area (Å²) < 4.78 is 1.41. The Kier molecular flexibility index (Phi) is 8.53. The minimum Gasteiger partial charge on any atom is -0.355 e. The number of hydrogen-bond donors (Lipinski definition) is 2. The molecule has 1 aromatic carbocycles. The molecule has 0 aliphatic rings. The van der Waals surface area contributed by atoms with Crippen LogP contribution in [0.4, 0.5) is 5.69 Å². The molecule has 0 saturated heterocycles. The second kappa shape index (κ2) is 10.6. The maximum atomic E-state index is 11.9. The molecule has 1 aromatic heterocycles. The van der Waals surface area contributed by atoms with Crippen LogP contribution in [-0.4, -0.2) is 40.1 Å². The highest BCUT2D eigenvalue weighted by Gasteiger charge is 2.10. The Bertz CT molecular complexity index is 709. The van der Waals surface area contributed by atoms with Gasteiger partial charge in [-0.2, -0.15) is 0 Å². The summed E-state index contributed by atoms with van der Waals surface area (Å²) in [6.45, 7) is 2.68. The predicted octanol–water partition coefficient (Wildman–Crippen LogP) is 3.54. The lowest BCUT2D eigenvalue weighted by atomic mass is 10.3. The number of nitrogens with one attached hydrogen (secondary N) is 2. The van der Waals surface area contributed by atoms with Crippen LogP contribution in [0.15, 0.2) is 32.9 Å². The van der Waals surface area contributed by atoms with E-state index < -0.39 is 0 Å². The lowest BCUT2D eigenvalue weighted by molar-refractivity contribution is -0.118. The number of nitrogens with zero attached hydrogens (tertiary/aromatic N) is 2. The number of hydrogen-bond acceptors (Lipinski definition) is 7. The Morgan fingerprint density at radius 2 is 1.68 bits per heavy atom. The van der Waals surface area contributed by atoms with Crippen molar-refractivity contribution in [3.63, 3.8) is 0 Å². The van der Waals surface area contributed by atoms with Crippen molar-refractivity contribution in [2.24, 2.45) is 0 Å². The second-order valence-corrected chi connectivity index (χ2v) is 8.68. The maximum absolute atomic E-state index is 11.9. The second-order valence-electron chi connectivity index (χ2n) is 4.82. The fourth-order valence-electron chi connectivity index (χ4n) is 1.61. The fraction of sp³-hybridized carbons (Fsp3) is 0.333. The van der Waals surface area contributed by atoms with Gasteiger partial charge in [0, 0.05) is 17.3 Å². The molecule has 2 rings (SSSR count). The highest BCUT2D eigenvalue weighted by molar-refractivity contribution is 8.03. The summed E-state index contributed by atoms with van der Waals surface area (Å²) in [5, 5.41) is 14.3. The number of carbonyl (C=O) groups is 2. The molecular weight excluding hydrogens is 400 g/mol. The van der Waals surface area contributed by atoms with Crippen LogP contribution in [0.2, 0.25) is 5.02 Å². The first-order valence-electron chi connectivity index (χ1n) is 7.48. The molecule has 2 amide bonds. The van der Waals surface area contributed by atoms with Crippen molar-refractivity contribution in [3.05, 3.63) is 29.3 Å². The summed E-state index contributed by atoms with van der Waals surface area (Å²) in [6, 6.07) is 6.92. The molecule has 0 aliphatic carbocycles. The zero-order valence-corrected chi connectivity index (χ0v) is 16.7. The maximum Gasteiger partial charge on any atom is 0.234 e. The molecule has 0 radical (unpaired) electrons. The molecule has 0 fully saturated rings. The number of amides is 2. The van der Waals surface area contributed by atoms with E-state index in [0.29, 0.717) is 31.7 Å². The smallest absolute Gasteiger partial charge is 0.234 e. The molecule has 134 valence electrons. The van der Waals surface area contributed by atoms with Gasteiger partial charge < -0.3 is 10.6 Å². The third-order valence-corrected chi connectivity index (χ3v) is 6.18. The SMILES string of the molecule is CCCNC(=O)CSc1nnc(SCC(=O)Nc2ccc(Cl)cc2)s1. The molecule has 0 aliphatic heterocycles. The number of rotatable bonds is 9. The predicted molar refractivity (Wildman–Crippen MR) is 105 cm³/mol. The summed E-state index contributed by atoms with van der Waals surface area (Å²) in [4.78, 5) is 23.5. The summed E-state index contributed by atoms with van der Waals surface area (Å²) in [5.41, 5.74) is 0.696. The van der Waals surface area contributed by atoms with E-state index in [1.165, 1.54) is 34.9 Å². The van der Waals surface area contributed by atoms with Crippen molar-refractivity contribution in [2.45, 2.75) is 22.0 Å². The fourth-order valence-corrected chi connectivity index (χ4v) is 4.39. The van der Waals surface area contributed by atoms with Gasteiger partial charge in [0.15, 0.2) is 8.68 Å². The first-order chi connectivity index (χ1) is 12.1. The molecule has 6 nitrogen and oxygen atoms in total. The largest absolute Gasteiger partial charge is 0.355 e. The quantitative estimate of drug-likeness (QED) is 0.608. The average molecular weight is 417 g/mol. The van der Waals surface area contributed by atoms with Crippen molar-refractivity contribution >= 4 is 64.0 Å². The molecule has 0 atom stereocenters. The zero-order valence-electron chi connectivity index (χ0n) is 13.5. The van der Waals surface area contributed by atoms with Crippen LogP contribution in [0.3, 0.4) is 0 Å². The lowest BCUT2D eigenvalue weighted by Crippen LogP contribution is -2.25. The highest BCUT2D eigenvalue weighted by Crippen LogP contribution is 2.28. The van der Waals surface area contributed by atoms with Crippen LogP contribution < -0.4 is 10.6 Å². The molecular formula is C15H17ClN4O2S3. The molecule has 25 heavy (non-hydrogen) atoms. The minimum atomic E-state index is -0.129. The van der Waals surface area contributed by atoms with Crippen LogP contribution in [-0.2, 0) is 9.59 Å². The standard InChI is InChI=1S/C15H17ClN4O2S3/c1-2-7-17-12(21)8-23-14-19-20-15(25-14)24-9-13(22)18-11-5-3-10(16)4-6-11/h3-6H,2,7-9H2,1H3,(H,17,21)(H,18,22). The van der Waals surface area contributed by atoms with E-state index >= 15 is 0 Å². The van der Waals surface area contributed by atoms with Gasteiger partial charge in [0.1, 0.15) is 0 Å². The Labute approximate surface area is 163 Å². The van der Waals surface area contributed by atoms with Crippen LogP contribution in [0, 0.1) is 0 Å². The van der Waals surface area contributed by atoms with Gasteiger partial charge in [-0.05, 0) is 30.7 Å². The van der Waals surface area contributed by atoms with E-state index in [0.717, 1.165) is 6.42 Å². The van der Waals surface area contributed by atoms with Crippen molar-refractivity contribution in [3.8, 4) is 0 Å². The van der Waals surface area contributed by atoms with Crippen LogP contribution in [0.5, 0.6) is 0 Å².